The number of nitrogens with zero attached hydrogens (tertiary/aromatic N) is 1. The van der Waals surface area contributed by atoms with Crippen molar-refractivity contribution in [1.82, 2.24) is 5.16 Å². The topological polar surface area (TPSA) is 55.1 Å². The van der Waals surface area contributed by atoms with E-state index >= 15 is 0 Å². The first kappa shape index (κ1) is 18.7. The zero-order chi connectivity index (χ0) is 19.4. The van der Waals surface area contributed by atoms with Gasteiger partial charge in [-0.3, -0.25) is 4.79 Å². The van der Waals surface area contributed by atoms with E-state index in [0.717, 1.165) is 11.1 Å². The summed E-state index contributed by atoms with van der Waals surface area (Å²) in [6.45, 7) is 8.37. The summed E-state index contributed by atoms with van der Waals surface area (Å²) in [6, 6.07) is 17.1. The lowest BCUT2D eigenvalue weighted by Gasteiger charge is -2.06. The summed E-state index contributed by atoms with van der Waals surface area (Å²) in [5, 5.41) is 6.98. The standard InChI is InChI=1S/C22H22N2O2Si/c1-16-20(21(24-26-16)18-8-6-5-7-9-18)22(25)23-19-12-10-17(11-13-19)14-15-27(2,3)4/h5-13H,1-4H3,(H,23,25). The minimum absolute atomic E-state index is 0.242. The minimum Gasteiger partial charge on any atom is -0.360 e. The Morgan fingerprint density at radius 1 is 1.04 bits per heavy atom. The van der Waals surface area contributed by atoms with Crippen LogP contribution in [0, 0.1) is 18.4 Å². The molecule has 27 heavy (non-hydrogen) atoms. The van der Waals surface area contributed by atoms with E-state index in [1.165, 1.54) is 0 Å². The van der Waals surface area contributed by atoms with Crippen LogP contribution >= 0.6 is 0 Å². The van der Waals surface area contributed by atoms with Gasteiger partial charge in [0.2, 0.25) is 0 Å². The molecule has 5 heteroatoms. The molecule has 4 nitrogen and oxygen atoms in total. The summed E-state index contributed by atoms with van der Waals surface area (Å²) in [7, 11) is -1.41. The highest BCUT2D eigenvalue weighted by Crippen LogP contribution is 2.26. The zero-order valence-corrected chi connectivity index (χ0v) is 17.0. The molecule has 0 atom stereocenters. The second-order valence-corrected chi connectivity index (χ2v) is 12.1. The Balaban J connectivity index is 1.80. The van der Waals surface area contributed by atoms with Gasteiger partial charge < -0.3 is 9.84 Å². The van der Waals surface area contributed by atoms with E-state index in [0.29, 0.717) is 22.7 Å². The molecule has 1 heterocycles. The van der Waals surface area contributed by atoms with E-state index in [1.807, 2.05) is 54.6 Å². The molecule has 0 aliphatic rings. The largest absolute Gasteiger partial charge is 0.360 e. The van der Waals surface area contributed by atoms with Gasteiger partial charge in [-0.15, -0.1) is 5.54 Å². The monoisotopic (exact) mass is 374 g/mol. The molecule has 1 aromatic heterocycles. The van der Waals surface area contributed by atoms with Crippen LogP contribution < -0.4 is 5.32 Å². The summed E-state index contributed by atoms with van der Waals surface area (Å²) < 4.78 is 5.27. The molecule has 136 valence electrons. The fourth-order valence-electron chi connectivity index (χ4n) is 2.52. The van der Waals surface area contributed by atoms with Crippen LogP contribution in [-0.2, 0) is 0 Å². The first-order chi connectivity index (χ1) is 12.8. The summed E-state index contributed by atoms with van der Waals surface area (Å²) in [4.78, 5) is 12.8. The van der Waals surface area contributed by atoms with Crippen molar-refractivity contribution in [2.24, 2.45) is 0 Å². The van der Waals surface area contributed by atoms with Gasteiger partial charge in [0, 0.05) is 16.8 Å². The number of hydrogen-bond donors (Lipinski definition) is 1. The van der Waals surface area contributed by atoms with E-state index in [2.05, 4.69) is 41.6 Å². The maximum absolute atomic E-state index is 12.8. The molecule has 0 aliphatic heterocycles. The van der Waals surface area contributed by atoms with Crippen molar-refractivity contribution >= 4 is 19.7 Å². The predicted octanol–water partition coefficient (Wildman–Crippen LogP) is 5.13. The van der Waals surface area contributed by atoms with Crippen molar-refractivity contribution in [2.45, 2.75) is 26.6 Å². The second-order valence-electron chi connectivity index (χ2n) is 7.36. The Morgan fingerprint density at radius 3 is 2.33 bits per heavy atom. The number of carbonyl (C=O) groups is 1. The van der Waals surface area contributed by atoms with Gasteiger partial charge in [-0.25, -0.2) is 0 Å². The van der Waals surface area contributed by atoms with Gasteiger partial charge in [-0.2, -0.15) is 0 Å². The van der Waals surface area contributed by atoms with Crippen LogP contribution in [0.3, 0.4) is 0 Å². The lowest BCUT2D eigenvalue weighted by atomic mass is 10.1. The number of aryl methyl sites for hydroxylation is 1. The number of rotatable bonds is 3. The fraction of sp³-hybridized carbons (Fsp3) is 0.182. The number of carbonyl (C=O) groups excluding carboxylic acids is 1. The SMILES string of the molecule is Cc1onc(-c2ccccc2)c1C(=O)Nc1ccc(C#C[Si](C)(C)C)cc1. The third-order valence-corrected chi connectivity index (χ3v) is 4.74. The fourth-order valence-corrected chi connectivity index (χ4v) is 3.04. The molecule has 3 rings (SSSR count). The lowest BCUT2D eigenvalue weighted by Crippen LogP contribution is -2.16. The van der Waals surface area contributed by atoms with Crippen molar-refractivity contribution in [3.05, 3.63) is 71.5 Å². The van der Waals surface area contributed by atoms with Crippen molar-refractivity contribution in [1.29, 1.82) is 0 Å². The van der Waals surface area contributed by atoms with Crippen LogP contribution in [0.5, 0.6) is 0 Å². The normalized spacial score (nSPS) is 10.8. The molecule has 2 aromatic carbocycles. The van der Waals surface area contributed by atoms with E-state index in [9.17, 15) is 4.79 Å². The van der Waals surface area contributed by atoms with E-state index in [4.69, 9.17) is 4.52 Å². The van der Waals surface area contributed by atoms with E-state index in [1.54, 1.807) is 6.92 Å². The van der Waals surface area contributed by atoms with Gasteiger partial charge >= 0.3 is 0 Å². The quantitative estimate of drug-likeness (QED) is 0.511. The highest BCUT2D eigenvalue weighted by atomic mass is 28.3. The summed E-state index contributed by atoms with van der Waals surface area (Å²) in [5.74, 6) is 3.45. The highest BCUT2D eigenvalue weighted by molar-refractivity contribution is 6.83. The Labute approximate surface area is 160 Å². The zero-order valence-electron chi connectivity index (χ0n) is 16.0. The predicted molar refractivity (Wildman–Crippen MR) is 111 cm³/mol. The van der Waals surface area contributed by atoms with Gasteiger partial charge in [0.15, 0.2) is 0 Å². The van der Waals surface area contributed by atoms with Gasteiger partial charge in [-0.1, -0.05) is 61.0 Å². The van der Waals surface area contributed by atoms with E-state index in [-0.39, 0.29) is 5.91 Å². The molecule has 0 radical (unpaired) electrons. The molecular weight excluding hydrogens is 352 g/mol. The lowest BCUT2D eigenvalue weighted by molar-refractivity contribution is 0.102. The molecule has 0 saturated heterocycles. The van der Waals surface area contributed by atoms with Crippen molar-refractivity contribution in [2.75, 3.05) is 5.32 Å². The maximum atomic E-state index is 12.8. The molecule has 1 N–H and O–H groups in total. The average molecular weight is 375 g/mol. The molecule has 0 bridgehead atoms. The number of anilines is 1. The molecule has 0 saturated carbocycles. The second kappa shape index (κ2) is 7.64. The minimum atomic E-state index is -1.41. The summed E-state index contributed by atoms with van der Waals surface area (Å²) in [6.07, 6.45) is 0. The maximum Gasteiger partial charge on any atom is 0.261 e. The van der Waals surface area contributed by atoms with Crippen LogP contribution in [0.25, 0.3) is 11.3 Å². The Kier molecular flexibility index (Phi) is 5.29. The number of aromatic nitrogens is 1. The third kappa shape index (κ3) is 4.75. The number of hydrogen-bond acceptors (Lipinski definition) is 3. The highest BCUT2D eigenvalue weighted by Gasteiger charge is 2.21. The van der Waals surface area contributed by atoms with Crippen LogP contribution in [0.15, 0.2) is 59.1 Å². The summed E-state index contributed by atoms with van der Waals surface area (Å²) >= 11 is 0. The molecular formula is C22H22N2O2Si. The van der Waals surface area contributed by atoms with Crippen molar-refractivity contribution in [3.8, 4) is 22.7 Å². The van der Waals surface area contributed by atoms with Crippen LogP contribution in [-0.4, -0.2) is 19.1 Å². The number of nitrogens with one attached hydrogen (secondary N) is 1. The van der Waals surface area contributed by atoms with Crippen molar-refractivity contribution < 1.29 is 9.32 Å². The van der Waals surface area contributed by atoms with E-state index < -0.39 is 8.07 Å². The molecule has 0 fully saturated rings. The average Bonchev–Trinajstić information content (AvgIpc) is 3.03. The Bertz CT molecular complexity index is 1000. The van der Waals surface area contributed by atoms with Crippen LogP contribution in [0.4, 0.5) is 5.69 Å². The first-order valence-corrected chi connectivity index (χ1v) is 12.3. The molecule has 3 aromatic rings. The van der Waals surface area contributed by atoms with Crippen LogP contribution in [0.2, 0.25) is 19.6 Å². The Hall–Kier alpha value is -3.10. The molecule has 0 unspecified atom stereocenters. The smallest absolute Gasteiger partial charge is 0.261 e. The third-order valence-electron chi connectivity index (χ3n) is 3.86. The first-order valence-electron chi connectivity index (χ1n) is 8.80. The van der Waals surface area contributed by atoms with Gasteiger partial charge in [0.25, 0.3) is 5.91 Å². The Morgan fingerprint density at radius 2 is 1.70 bits per heavy atom. The van der Waals surface area contributed by atoms with Crippen molar-refractivity contribution in [3.63, 3.8) is 0 Å². The summed E-state index contributed by atoms with van der Waals surface area (Å²) in [5.41, 5.74) is 6.82. The molecule has 1 amide bonds. The van der Waals surface area contributed by atoms with Gasteiger partial charge in [-0.05, 0) is 31.2 Å². The number of amides is 1. The van der Waals surface area contributed by atoms with Gasteiger partial charge in [0.1, 0.15) is 25.1 Å². The molecule has 0 aliphatic carbocycles. The van der Waals surface area contributed by atoms with Gasteiger partial charge in [0.05, 0.1) is 0 Å². The van der Waals surface area contributed by atoms with Crippen LogP contribution in [0.1, 0.15) is 21.7 Å². The number of benzene rings is 2. The molecule has 0 spiro atoms.